The van der Waals surface area contributed by atoms with E-state index in [1.165, 1.54) is 60.8 Å². The fourth-order valence-corrected chi connectivity index (χ4v) is 5.18. The van der Waals surface area contributed by atoms with Crippen LogP contribution in [0.4, 0.5) is 0 Å². The number of hydrogen-bond donors (Lipinski definition) is 0. The van der Waals surface area contributed by atoms with Crippen LogP contribution in [0.1, 0.15) is 73.6 Å². The molecule has 0 radical (unpaired) electrons. The minimum absolute atomic E-state index is 0.0659. The number of rotatable bonds is 3. The highest BCUT2D eigenvalue weighted by Gasteiger charge is 2.37. The Labute approximate surface area is 164 Å². The molecule has 0 bridgehead atoms. The van der Waals surface area contributed by atoms with Gasteiger partial charge in [0.2, 0.25) is 0 Å². The van der Waals surface area contributed by atoms with Crippen molar-refractivity contribution in [2.24, 2.45) is 0 Å². The molecular weight excluding hydrogens is 324 g/mol. The van der Waals surface area contributed by atoms with E-state index in [1.54, 1.807) is 0 Å². The van der Waals surface area contributed by atoms with Gasteiger partial charge in [-0.1, -0.05) is 65.0 Å². The normalized spacial score (nSPS) is 14.5. The molecule has 0 aromatic heterocycles. The molecule has 3 aromatic carbocycles. The third kappa shape index (κ3) is 2.49. The van der Waals surface area contributed by atoms with Crippen LogP contribution in [0.2, 0.25) is 0 Å². The average Bonchev–Trinajstić information content (AvgIpc) is 2.87. The minimum Gasteiger partial charge on any atom is -0.0613 e. The third-order valence-electron chi connectivity index (χ3n) is 6.90. The summed E-state index contributed by atoms with van der Waals surface area (Å²) in [5.41, 5.74) is 13.4. The molecule has 0 amide bonds. The van der Waals surface area contributed by atoms with Crippen molar-refractivity contribution in [3.8, 4) is 11.1 Å². The Morgan fingerprint density at radius 1 is 0.630 bits per heavy atom. The first-order valence-corrected chi connectivity index (χ1v) is 10.6. The van der Waals surface area contributed by atoms with E-state index in [0.29, 0.717) is 0 Å². The number of fused-ring (bicyclic) bond motifs is 5. The maximum Gasteiger partial charge on any atom is 0.0159 e. The predicted molar refractivity (Wildman–Crippen MR) is 119 cm³/mol. The molecule has 0 aliphatic heterocycles. The van der Waals surface area contributed by atoms with Crippen LogP contribution in [0.5, 0.6) is 0 Å². The lowest BCUT2D eigenvalue weighted by molar-refractivity contribution is 0.659. The molecule has 1 aliphatic carbocycles. The molecule has 0 spiro atoms. The summed E-state index contributed by atoms with van der Waals surface area (Å²) < 4.78 is 0. The van der Waals surface area contributed by atoms with Gasteiger partial charge in [-0.15, -0.1) is 0 Å². The average molecular weight is 357 g/mol. The molecule has 3 aromatic rings. The van der Waals surface area contributed by atoms with E-state index in [1.807, 2.05) is 0 Å². The van der Waals surface area contributed by atoms with Gasteiger partial charge in [0.1, 0.15) is 0 Å². The quantitative estimate of drug-likeness (QED) is 0.457. The molecule has 0 fully saturated rings. The first kappa shape index (κ1) is 18.3. The summed E-state index contributed by atoms with van der Waals surface area (Å²) in [6, 6.07) is 12.4. The fraction of sp³-hybridized carbons (Fsp3) is 0.407. The summed E-state index contributed by atoms with van der Waals surface area (Å²) in [7, 11) is 0. The van der Waals surface area contributed by atoms with E-state index in [2.05, 4.69) is 78.8 Å². The van der Waals surface area contributed by atoms with Crippen LogP contribution in [0.3, 0.4) is 0 Å². The van der Waals surface area contributed by atoms with Crippen LogP contribution in [-0.2, 0) is 24.7 Å². The standard InChI is InChI=1S/C27H32/c1-8-18-13-23-24(11-16(18)4)27(6,7)25-12-17(5)21-14-19(9-2)20(10-3)15-22(21)26(23)25/h11-15H,8-10H2,1-7H3. The summed E-state index contributed by atoms with van der Waals surface area (Å²) >= 11 is 0. The van der Waals surface area contributed by atoms with Crippen molar-refractivity contribution in [2.45, 2.75) is 73.1 Å². The van der Waals surface area contributed by atoms with Gasteiger partial charge in [-0.3, -0.25) is 0 Å². The Kier molecular flexibility index (Phi) is 4.22. The summed E-state index contributed by atoms with van der Waals surface area (Å²) in [6.45, 7) is 16.2. The second-order valence-corrected chi connectivity index (χ2v) is 8.79. The van der Waals surface area contributed by atoms with Gasteiger partial charge in [0.15, 0.2) is 0 Å². The molecule has 0 nitrogen and oxygen atoms in total. The first-order valence-electron chi connectivity index (χ1n) is 10.6. The van der Waals surface area contributed by atoms with Crippen LogP contribution in [0.15, 0.2) is 30.3 Å². The first-order chi connectivity index (χ1) is 12.8. The number of hydrogen-bond acceptors (Lipinski definition) is 0. The molecule has 0 saturated carbocycles. The number of benzene rings is 3. The van der Waals surface area contributed by atoms with Crippen LogP contribution in [0, 0.1) is 13.8 Å². The van der Waals surface area contributed by atoms with E-state index in [4.69, 9.17) is 0 Å². The van der Waals surface area contributed by atoms with Crippen molar-refractivity contribution in [3.63, 3.8) is 0 Å². The smallest absolute Gasteiger partial charge is 0.0159 e. The van der Waals surface area contributed by atoms with Crippen LogP contribution < -0.4 is 0 Å². The van der Waals surface area contributed by atoms with Crippen molar-refractivity contribution in [1.82, 2.24) is 0 Å². The van der Waals surface area contributed by atoms with Crippen LogP contribution >= 0.6 is 0 Å². The summed E-state index contributed by atoms with van der Waals surface area (Å²) in [5.74, 6) is 0. The summed E-state index contributed by atoms with van der Waals surface area (Å²) in [6.07, 6.45) is 3.31. The molecule has 0 heteroatoms. The van der Waals surface area contributed by atoms with E-state index in [0.717, 1.165) is 19.3 Å². The van der Waals surface area contributed by atoms with Gasteiger partial charge in [-0.25, -0.2) is 0 Å². The van der Waals surface area contributed by atoms with Crippen molar-refractivity contribution in [2.75, 3.05) is 0 Å². The van der Waals surface area contributed by atoms with Crippen LogP contribution in [0.25, 0.3) is 21.9 Å². The molecule has 27 heavy (non-hydrogen) atoms. The Bertz CT molecular complexity index is 1060. The highest BCUT2D eigenvalue weighted by atomic mass is 14.4. The second kappa shape index (κ2) is 6.23. The zero-order valence-electron chi connectivity index (χ0n) is 18.0. The molecule has 0 atom stereocenters. The Morgan fingerprint density at radius 2 is 1.19 bits per heavy atom. The lowest BCUT2D eigenvalue weighted by atomic mass is 9.80. The predicted octanol–water partition coefficient (Wildman–Crippen LogP) is 7.45. The minimum atomic E-state index is 0.0659. The van der Waals surface area contributed by atoms with Crippen molar-refractivity contribution in [1.29, 1.82) is 0 Å². The van der Waals surface area contributed by atoms with Crippen molar-refractivity contribution >= 4 is 10.8 Å². The topological polar surface area (TPSA) is 0 Å². The molecular formula is C27H32. The monoisotopic (exact) mass is 356 g/mol. The van der Waals surface area contributed by atoms with E-state index >= 15 is 0 Å². The highest BCUT2D eigenvalue weighted by molar-refractivity contribution is 6.04. The maximum absolute atomic E-state index is 2.50. The lowest BCUT2D eigenvalue weighted by Gasteiger charge is -2.23. The number of aryl methyl sites for hydroxylation is 5. The van der Waals surface area contributed by atoms with Gasteiger partial charge in [-0.05, 0) is 94.0 Å². The SMILES string of the molecule is CCc1cc2c(cc1C)C(C)(C)c1cc(C)c3cc(CC)c(CC)cc3c1-2. The zero-order valence-corrected chi connectivity index (χ0v) is 18.0. The van der Waals surface area contributed by atoms with E-state index in [-0.39, 0.29) is 5.41 Å². The Morgan fingerprint density at radius 3 is 1.78 bits per heavy atom. The molecule has 1 aliphatic rings. The second-order valence-electron chi connectivity index (χ2n) is 8.79. The van der Waals surface area contributed by atoms with Gasteiger partial charge in [0, 0.05) is 5.41 Å². The lowest BCUT2D eigenvalue weighted by Crippen LogP contribution is -2.15. The maximum atomic E-state index is 2.50. The molecule has 0 N–H and O–H groups in total. The molecule has 0 heterocycles. The molecule has 140 valence electrons. The van der Waals surface area contributed by atoms with E-state index in [9.17, 15) is 0 Å². The van der Waals surface area contributed by atoms with Gasteiger partial charge in [-0.2, -0.15) is 0 Å². The Hall–Kier alpha value is -2.08. The van der Waals surface area contributed by atoms with Crippen molar-refractivity contribution in [3.05, 3.63) is 69.3 Å². The molecule has 0 saturated heterocycles. The highest BCUT2D eigenvalue weighted by Crippen LogP contribution is 2.52. The van der Waals surface area contributed by atoms with Gasteiger partial charge in [0.05, 0.1) is 0 Å². The van der Waals surface area contributed by atoms with Gasteiger partial charge < -0.3 is 0 Å². The van der Waals surface area contributed by atoms with Crippen LogP contribution in [-0.4, -0.2) is 0 Å². The molecule has 4 rings (SSSR count). The largest absolute Gasteiger partial charge is 0.0613 e. The summed E-state index contributed by atoms with van der Waals surface area (Å²) in [5, 5.41) is 2.89. The molecule has 0 unspecified atom stereocenters. The van der Waals surface area contributed by atoms with Crippen molar-refractivity contribution < 1.29 is 0 Å². The Balaban J connectivity index is 2.17. The van der Waals surface area contributed by atoms with E-state index < -0.39 is 0 Å². The van der Waals surface area contributed by atoms with Gasteiger partial charge >= 0.3 is 0 Å². The third-order valence-corrected chi connectivity index (χ3v) is 6.90. The zero-order chi connectivity index (χ0) is 19.5. The van der Waals surface area contributed by atoms with Gasteiger partial charge in [0.25, 0.3) is 0 Å². The summed E-state index contributed by atoms with van der Waals surface area (Å²) in [4.78, 5) is 0. The fourth-order valence-electron chi connectivity index (χ4n) is 5.18.